The fraction of sp³-hybridized carbons (Fsp3) is 0.250. The first-order chi connectivity index (χ1) is 8.54. The Kier molecular flexibility index (Phi) is 4.86. The van der Waals surface area contributed by atoms with E-state index in [0.717, 1.165) is 0 Å². The van der Waals surface area contributed by atoms with Crippen LogP contribution in [0.5, 0.6) is 0 Å². The van der Waals surface area contributed by atoms with Crippen molar-refractivity contribution in [2.75, 3.05) is 12.3 Å². The lowest BCUT2D eigenvalue weighted by molar-refractivity contribution is -0.385. The molecule has 0 aliphatic heterocycles. The number of hydrogen-bond donors (Lipinski definition) is 1. The van der Waals surface area contributed by atoms with Gasteiger partial charge in [-0.1, -0.05) is 12.2 Å². The third kappa shape index (κ3) is 3.89. The molecule has 0 unspecified atom stereocenters. The van der Waals surface area contributed by atoms with Gasteiger partial charge in [-0.2, -0.15) is 0 Å². The molecular weight excluding hydrogens is 236 g/mol. The zero-order chi connectivity index (χ0) is 13.5. The molecule has 6 nitrogen and oxygen atoms in total. The van der Waals surface area contributed by atoms with E-state index in [1.165, 1.54) is 30.4 Å². The van der Waals surface area contributed by atoms with Crippen molar-refractivity contribution in [1.29, 1.82) is 0 Å². The van der Waals surface area contributed by atoms with E-state index in [1.54, 1.807) is 6.92 Å². The summed E-state index contributed by atoms with van der Waals surface area (Å²) < 4.78 is 4.73. The molecular formula is C12H14N2O4. The summed E-state index contributed by atoms with van der Waals surface area (Å²) in [6.45, 7) is 2.02. The van der Waals surface area contributed by atoms with Gasteiger partial charge in [0.15, 0.2) is 0 Å². The minimum atomic E-state index is -0.497. The van der Waals surface area contributed by atoms with E-state index in [4.69, 9.17) is 10.5 Å². The van der Waals surface area contributed by atoms with Crippen LogP contribution in [0.2, 0.25) is 0 Å². The Morgan fingerprint density at radius 1 is 1.56 bits per heavy atom. The van der Waals surface area contributed by atoms with Crippen LogP contribution in [0, 0.1) is 10.1 Å². The average Bonchev–Trinajstić information content (AvgIpc) is 2.29. The summed E-state index contributed by atoms with van der Waals surface area (Å²) in [5, 5.41) is 10.8. The minimum Gasteiger partial charge on any atom is -0.466 e. The summed E-state index contributed by atoms with van der Waals surface area (Å²) in [6, 6.07) is 4.28. The molecule has 0 heterocycles. The molecule has 1 rings (SSSR count). The maximum absolute atomic E-state index is 11.1. The summed E-state index contributed by atoms with van der Waals surface area (Å²) in [5.74, 6) is -0.375. The lowest BCUT2D eigenvalue weighted by Gasteiger charge is -2.00. The van der Waals surface area contributed by atoms with Gasteiger partial charge in [-0.25, -0.2) is 0 Å². The average molecular weight is 250 g/mol. The highest BCUT2D eigenvalue weighted by molar-refractivity contribution is 5.74. The lowest BCUT2D eigenvalue weighted by Crippen LogP contribution is -2.01. The molecule has 96 valence electrons. The number of carbonyl (C=O) groups is 1. The second kappa shape index (κ2) is 6.39. The number of nitro benzene ring substituents is 1. The van der Waals surface area contributed by atoms with Gasteiger partial charge in [-0.3, -0.25) is 14.9 Å². The molecule has 0 fully saturated rings. The minimum absolute atomic E-state index is 0.0516. The molecule has 0 amide bonds. The first kappa shape index (κ1) is 13.7. The number of benzene rings is 1. The summed E-state index contributed by atoms with van der Waals surface area (Å²) in [6.07, 6.45) is 3.07. The van der Waals surface area contributed by atoms with Gasteiger partial charge >= 0.3 is 5.97 Å². The van der Waals surface area contributed by atoms with Gasteiger partial charge in [-0.15, -0.1) is 0 Å². The first-order valence-electron chi connectivity index (χ1n) is 5.40. The van der Waals surface area contributed by atoms with Crippen LogP contribution in [0.25, 0.3) is 6.08 Å². The molecule has 0 spiro atoms. The van der Waals surface area contributed by atoms with E-state index in [0.29, 0.717) is 17.9 Å². The van der Waals surface area contributed by atoms with Gasteiger partial charge in [0.2, 0.25) is 0 Å². The molecule has 0 saturated carbocycles. The summed E-state index contributed by atoms with van der Waals surface area (Å²) in [7, 11) is 0. The van der Waals surface area contributed by atoms with Gasteiger partial charge < -0.3 is 10.5 Å². The van der Waals surface area contributed by atoms with Crippen LogP contribution >= 0.6 is 0 Å². The highest BCUT2D eigenvalue weighted by Gasteiger charge is 2.11. The van der Waals surface area contributed by atoms with Crippen molar-refractivity contribution in [3.8, 4) is 0 Å². The molecule has 1 aromatic rings. The van der Waals surface area contributed by atoms with Crippen molar-refractivity contribution in [2.45, 2.75) is 13.3 Å². The maximum atomic E-state index is 11.1. The molecule has 0 aliphatic rings. The third-order valence-electron chi connectivity index (χ3n) is 2.14. The van der Waals surface area contributed by atoms with Gasteiger partial charge in [0.05, 0.1) is 23.5 Å². The molecule has 0 atom stereocenters. The van der Waals surface area contributed by atoms with E-state index in [1.807, 2.05) is 0 Å². The monoisotopic (exact) mass is 250 g/mol. The van der Waals surface area contributed by atoms with E-state index < -0.39 is 4.92 Å². The molecule has 18 heavy (non-hydrogen) atoms. The number of rotatable bonds is 5. The van der Waals surface area contributed by atoms with E-state index in [2.05, 4.69) is 0 Å². The fourth-order valence-electron chi connectivity index (χ4n) is 1.37. The van der Waals surface area contributed by atoms with Crippen LogP contribution in [0.1, 0.15) is 18.9 Å². The van der Waals surface area contributed by atoms with Gasteiger partial charge in [0.25, 0.3) is 5.69 Å². The van der Waals surface area contributed by atoms with E-state index in [9.17, 15) is 14.9 Å². The summed E-state index contributed by atoms with van der Waals surface area (Å²) in [4.78, 5) is 21.4. The molecule has 0 saturated heterocycles. The number of nitro groups is 1. The third-order valence-corrected chi connectivity index (χ3v) is 2.14. The molecule has 0 radical (unpaired) electrons. The van der Waals surface area contributed by atoms with Gasteiger partial charge in [0.1, 0.15) is 0 Å². The van der Waals surface area contributed by atoms with E-state index in [-0.39, 0.29) is 18.1 Å². The van der Waals surface area contributed by atoms with E-state index >= 15 is 0 Å². The molecule has 2 N–H and O–H groups in total. The molecule has 0 bridgehead atoms. The van der Waals surface area contributed by atoms with Crippen LogP contribution in [0.3, 0.4) is 0 Å². The van der Waals surface area contributed by atoms with Crippen molar-refractivity contribution in [1.82, 2.24) is 0 Å². The number of nitrogens with zero attached hydrogens (tertiary/aromatic N) is 1. The fourth-order valence-corrected chi connectivity index (χ4v) is 1.37. The predicted molar refractivity (Wildman–Crippen MR) is 67.8 cm³/mol. The standard InChI is InChI=1S/C12H14N2O4/c1-2-18-12(15)5-3-4-9-8-10(13)6-7-11(9)14(16)17/h3-4,6-8H,2,5,13H2,1H3. The number of ether oxygens (including phenoxy) is 1. The Morgan fingerprint density at radius 2 is 2.28 bits per heavy atom. The van der Waals surface area contributed by atoms with Crippen LogP contribution in [-0.2, 0) is 9.53 Å². The first-order valence-corrected chi connectivity index (χ1v) is 5.40. The second-order valence-corrected chi connectivity index (χ2v) is 3.49. The normalized spacial score (nSPS) is 10.5. The van der Waals surface area contributed by atoms with Gasteiger partial charge in [-0.05, 0) is 19.1 Å². The van der Waals surface area contributed by atoms with Crippen molar-refractivity contribution in [3.05, 3.63) is 40.0 Å². The summed E-state index contributed by atoms with van der Waals surface area (Å²) in [5.41, 5.74) is 6.30. The Labute approximate surface area is 104 Å². The highest BCUT2D eigenvalue weighted by Crippen LogP contribution is 2.22. The quantitative estimate of drug-likeness (QED) is 0.374. The Morgan fingerprint density at radius 3 is 2.89 bits per heavy atom. The maximum Gasteiger partial charge on any atom is 0.309 e. The number of nitrogen functional groups attached to an aromatic ring is 1. The van der Waals surface area contributed by atoms with Gasteiger partial charge in [0, 0.05) is 11.8 Å². The van der Waals surface area contributed by atoms with Crippen LogP contribution in [0.4, 0.5) is 11.4 Å². The van der Waals surface area contributed by atoms with Crippen molar-refractivity contribution in [3.63, 3.8) is 0 Å². The smallest absolute Gasteiger partial charge is 0.309 e. The summed E-state index contributed by atoms with van der Waals surface area (Å²) >= 11 is 0. The predicted octanol–water partition coefficient (Wildman–Crippen LogP) is 2.14. The van der Waals surface area contributed by atoms with Crippen molar-refractivity contribution >= 4 is 23.4 Å². The second-order valence-electron chi connectivity index (χ2n) is 3.49. The number of anilines is 1. The number of carbonyl (C=O) groups excluding carboxylic acids is 1. The largest absolute Gasteiger partial charge is 0.466 e. The molecule has 6 heteroatoms. The number of nitrogens with two attached hydrogens (primary N) is 1. The zero-order valence-electron chi connectivity index (χ0n) is 9.96. The Hall–Kier alpha value is -2.37. The Bertz CT molecular complexity index is 483. The highest BCUT2D eigenvalue weighted by atomic mass is 16.6. The zero-order valence-corrected chi connectivity index (χ0v) is 9.96. The number of hydrogen-bond acceptors (Lipinski definition) is 5. The van der Waals surface area contributed by atoms with Crippen molar-refractivity contribution in [2.24, 2.45) is 0 Å². The Balaban J connectivity index is 2.82. The number of esters is 1. The van der Waals surface area contributed by atoms with Crippen LogP contribution in [0.15, 0.2) is 24.3 Å². The SMILES string of the molecule is CCOC(=O)CC=Cc1cc(N)ccc1[N+](=O)[O-]. The van der Waals surface area contributed by atoms with Crippen molar-refractivity contribution < 1.29 is 14.5 Å². The molecule has 1 aromatic carbocycles. The molecule has 0 aromatic heterocycles. The molecule has 0 aliphatic carbocycles. The topological polar surface area (TPSA) is 95.5 Å². The lowest BCUT2D eigenvalue weighted by atomic mass is 10.1. The van der Waals surface area contributed by atoms with Crippen LogP contribution < -0.4 is 5.73 Å². The van der Waals surface area contributed by atoms with Crippen LogP contribution in [-0.4, -0.2) is 17.5 Å².